The minimum absolute atomic E-state index is 0.189. The lowest BCUT2D eigenvalue weighted by atomic mass is 9.79. The van der Waals surface area contributed by atoms with Crippen molar-refractivity contribution in [1.82, 2.24) is 15.5 Å². The summed E-state index contributed by atoms with van der Waals surface area (Å²) < 4.78 is 10.6. The number of nitrogens with zero attached hydrogens (tertiary/aromatic N) is 1. The Morgan fingerprint density at radius 2 is 1.57 bits per heavy atom. The molecule has 10 heteroatoms. The van der Waals surface area contributed by atoms with E-state index < -0.39 is 41.3 Å². The number of methoxy groups -OCH3 is 1. The van der Waals surface area contributed by atoms with Crippen LogP contribution in [0.1, 0.15) is 25.0 Å². The van der Waals surface area contributed by atoms with Gasteiger partial charge in [0.1, 0.15) is 17.4 Å². The Morgan fingerprint density at radius 3 is 2.12 bits per heavy atom. The van der Waals surface area contributed by atoms with Crippen molar-refractivity contribution >= 4 is 23.5 Å². The van der Waals surface area contributed by atoms with Gasteiger partial charge in [-0.15, -0.1) is 0 Å². The highest BCUT2D eigenvalue weighted by atomic mass is 16.6. The first-order chi connectivity index (χ1) is 19.0. The lowest BCUT2D eigenvalue weighted by Crippen LogP contribution is -2.64. The van der Waals surface area contributed by atoms with Crippen molar-refractivity contribution < 1.29 is 28.7 Å². The normalized spacial score (nSPS) is 24.1. The van der Waals surface area contributed by atoms with Crippen LogP contribution in [-0.2, 0) is 36.8 Å². The molecule has 2 aliphatic rings. The van der Waals surface area contributed by atoms with Gasteiger partial charge < -0.3 is 30.7 Å². The summed E-state index contributed by atoms with van der Waals surface area (Å²) in [5.41, 5.74) is 6.29. The first-order valence-corrected chi connectivity index (χ1v) is 13.5. The van der Waals surface area contributed by atoms with Gasteiger partial charge in [0, 0.05) is 19.0 Å². The molecule has 0 aliphatic carbocycles. The summed E-state index contributed by atoms with van der Waals surface area (Å²) in [6.45, 7) is 4.22. The Bertz CT molecular complexity index is 1230. The Hall–Kier alpha value is -3.76. The van der Waals surface area contributed by atoms with Crippen LogP contribution in [0.5, 0.6) is 5.75 Å². The monoisotopic (exact) mass is 550 g/mol. The number of rotatable bonds is 13. The number of nitrogens with two attached hydrogens (primary N) is 1. The van der Waals surface area contributed by atoms with E-state index in [2.05, 4.69) is 10.6 Å². The maximum Gasteiger partial charge on any atom is 0.243 e. The molecule has 2 aromatic rings. The molecule has 0 radical (unpaired) electrons. The van der Waals surface area contributed by atoms with E-state index in [-0.39, 0.29) is 30.6 Å². The molecule has 6 atom stereocenters. The summed E-state index contributed by atoms with van der Waals surface area (Å²) in [6, 6.07) is 14.5. The third kappa shape index (κ3) is 6.68. The molecule has 2 saturated heterocycles. The molecular formula is C30H38N4O6. The van der Waals surface area contributed by atoms with Crippen molar-refractivity contribution in [3.05, 3.63) is 65.7 Å². The van der Waals surface area contributed by atoms with E-state index in [0.717, 1.165) is 11.1 Å². The third-order valence-corrected chi connectivity index (χ3v) is 7.94. The molecule has 4 N–H and O–H groups in total. The van der Waals surface area contributed by atoms with E-state index >= 15 is 0 Å². The van der Waals surface area contributed by atoms with Gasteiger partial charge in [-0.3, -0.25) is 19.2 Å². The van der Waals surface area contributed by atoms with Gasteiger partial charge in [-0.2, -0.15) is 0 Å². The Balaban J connectivity index is 1.54. The van der Waals surface area contributed by atoms with Gasteiger partial charge in [0.05, 0.1) is 31.6 Å². The van der Waals surface area contributed by atoms with Gasteiger partial charge in [-0.1, -0.05) is 49.4 Å². The average molecular weight is 551 g/mol. The smallest absolute Gasteiger partial charge is 0.243 e. The third-order valence-electron chi connectivity index (χ3n) is 7.94. The fourth-order valence-corrected chi connectivity index (χ4v) is 5.31. The first kappa shape index (κ1) is 29.2. The molecule has 214 valence electrons. The number of carbonyl (C=O) groups excluding carboxylic acids is 4. The fraction of sp³-hybridized carbons (Fsp3) is 0.467. The number of carbonyl (C=O) groups is 4. The van der Waals surface area contributed by atoms with Crippen LogP contribution in [-0.4, -0.2) is 79.4 Å². The van der Waals surface area contributed by atoms with E-state index in [1.165, 1.54) is 0 Å². The topological polar surface area (TPSA) is 143 Å². The summed E-state index contributed by atoms with van der Waals surface area (Å²) in [6.07, 6.45) is 0.477. The molecule has 40 heavy (non-hydrogen) atoms. The molecule has 2 fully saturated rings. The van der Waals surface area contributed by atoms with Crippen molar-refractivity contribution in [2.75, 3.05) is 27.3 Å². The highest BCUT2D eigenvalue weighted by Gasteiger charge is 2.50. The van der Waals surface area contributed by atoms with Crippen LogP contribution in [0.2, 0.25) is 0 Å². The second-order valence-corrected chi connectivity index (χ2v) is 11.0. The number of primary amides is 1. The Kier molecular flexibility index (Phi) is 8.90. The largest absolute Gasteiger partial charge is 0.497 e. The summed E-state index contributed by atoms with van der Waals surface area (Å²) in [5, 5.41) is 5.78. The second-order valence-electron chi connectivity index (χ2n) is 11.0. The molecular weight excluding hydrogens is 512 g/mol. The van der Waals surface area contributed by atoms with E-state index in [9.17, 15) is 19.2 Å². The van der Waals surface area contributed by atoms with Crippen LogP contribution in [0.3, 0.4) is 0 Å². The molecule has 4 rings (SSSR count). The number of Topliss-reactive ketones (excluding diaryl/α,β-unsaturated/α-hetero) is 1. The summed E-state index contributed by atoms with van der Waals surface area (Å²) in [4.78, 5) is 54.2. The number of ether oxygens (including phenoxy) is 2. The van der Waals surface area contributed by atoms with Crippen molar-refractivity contribution in [3.63, 3.8) is 0 Å². The Labute approximate surface area is 234 Å². The van der Waals surface area contributed by atoms with Gasteiger partial charge in [0.2, 0.25) is 17.7 Å². The van der Waals surface area contributed by atoms with Crippen molar-refractivity contribution in [2.45, 2.75) is 50.4 Å². The average Bonchev–Trinajstić information content (AvgIpc) is 3.69. The quantitative estimate of drug-likeness (QED) is 0.314. The number of likely N-dealkylation sites (tertiary alicyclic amines) is 1. The summed E-state index contributed by atoms with van der Waals surface area (Å²) in [7, 11) is 3.40. The molecule has 2 unspecified atom stereocenters. The summed E-state index contributed by atoms with van der Waals surface area (Å²) >= 11 is 0. The Morgan fingerprint density at radius 1 is 1.00 bits per heavy atom. The van der Waals surface area contributed by atoms with Gasteiger partial charge in [-0.05, 0) is 43.7 Å². The molecule has 2 aromatic carbocycles. The summed E-state index contributed by atoms with van der Waals surface area (Å²) in [5.74, 6) is -1.89. The standard InChI is InChI=1S/C30H38N4O6/c1-18(25-22(27(31)36)16-34(25)3)28(37)33-24(15-20-10-12-21(39-4)13-11-20)29(38)32-23(26(35)30(2)17-40-30)14-19-8-6-5-7-9-19/h5-13,18,22-25H,14-17H2,1-4H3,(H2,31,36)(H,32,38)(H,33,37)/t18-,22?,23-,24-,25?,30+/m0/s1. The van der Waals surface area contributed by atoms with Crippen LogP contribution < -0.4 is 21.1 Å². The molecule has 2 heterocycles. The number of nitrogens with one attached hydrogen (secondary N) is 2. The maximum absolute atomic E-state index is 13.7. The predicted molar refractivity (Wildman–Crippen MR) is 148 cm³/mol. The van der Waals surface area contributed by atoms with Crippen LogP contribution in [0.25, 0.3) is 0 Å². The van der Waals surface area contributed by atoms with E-state index in [0.29, 0.717) is 18.9 Å². The number of ketones is 1. The molecule has 0 saturated carbocycles. The van der Waals surface area contributed by atoms with E-state index in [4.69, 9.17) is 15.2 Å². The number of hydrogen-bond donors (Lipinski definition) is 3. The zero-order valence-electron chi connectivity index (χ0n) is 23.4. The van der Waals surface area contributed by atoms with Gasteiger partial charge in [0.25, 0.3) is 0 Å². The maximum atomic E-state index is 13.7. The van der Waals surface area contributed by atoms with Gasteiger partial charge >= 0.3 is 0 Å². The van der Waals surface area contributed by atoms with Crippen molar-refractivity contribution in [2.24, 2.45) is 17.6 Å². The van der Waals surface area contributed by atoms with E-state index in [1.807, 2.05) is 54.4 Å². The van der Waals surface area contributed by atoms with Crippen LogP contribution in [0.4, 0.5) is 0 Å². The van der Waals surface area contributed by atoms with Crippen molar-refractivity contribution in [3.8, 4) is 5.75 Å². The molecule has 2 aliphatic heterocycles. The van der Waals surface area contributed by atoms with E-state index in [1.54, 1.807) is 33.1 Å². The number of epoxide rings is 1. The minimum Gasteiger partial charge on any atom is -0.497 e. The number of hydrogen-bond acceptors (Lipinski definition) is 7. The second kappa shape index (κ2) is 12.2. The number of benzene rings is 2. The number of amides is 3. The zero-order chi connectivity index (χ0) is 29.0. The van der Waals surface area contributed by atoms with Gasteiger partial charge in [0.15, 0.2) is 5.78 Å². The molecule has 0 bridgehead atoms. The van der Waals surface area contributed by atoms with Crippen LogP contribution >= 0.6 is 0 Å². The van der Waals surface area contributed by atoms with Crippen molar-refractivity contribution in [1.29, 1.82) is 0 Å². The SMILES string of the molecule is COc1ccc(C[C@H](NC(=O)[C@@H](C)C2C(C(N)=O)CN2C)C(=O)N[C@@H](Cc2ccccc2)C(=O)[C@@]2(C)CO2)cc1. The minimum atomic E-state index is -0.972. The molecule has 3 amide bonds. The van der Waals surface area contributed by atoms with Gasteiger partial charge in [-0.25, -0.2) is 0 Å². The highest BCUT2D eigenvalue weighted by molar-refractivity contribution is 5.98. The fourth-order valence-electron chi connectivity index (χ4n) is 5.31. The highest BCUT2D eigenvalue weighted by Crippen LogP contribution is 2.30. The van der Waals surface area contributed by atoms with Crippen LogP contribution in [0, 0.1) is 11.8 Å². The lowest BCUT2D eigenvalue weighted by Gasteiger charge is -2.47. The zero-order valence-corrected chi connectivity index (χ0v) is 23.4. The first-order valence-electron chi connectivity index (χ1n) is 13.5. The predicted octanol–water partition coefficient (Wildman–Crippen LogP) is 0.860. The lowest BCUT2D eigenvalue weighted by molar-refractivity contribution is -0.140. The molecule has 0 aromatic heterocycles. The van der Waals surface area contributed by atoms with Crippen LogP contribution in [0.15, 0.2) is 54.6 Å². The molecule has 0 spiro atoms. The molecule has 10 nitrogen and oxygen atoms in total.